The van der Waals surface area contributed by atoms with Crippen molar-refractivity contribution in [3.05, 3.63) is 41.2 Å². The maximum Gasteiger partial charge on any atom is 0.138 e. The average Bonchev–Trinajstić information content (AvgIpc) is 3.04. The first-order valence-corrected chi connectivity index (χ1v) is 6.94. The van der Waals surface area contributed by atoms with E-state index in [0.717, 1.165) is 22.8 Å². The number of aliphatic hydroxyl groups excluding tert-OH is 1. The molecule has 6 heteroatoms. The molecule has 0 saturated carbocycles. The fraction of sp³-hybridized carbons (Fsp3) is 0.533. The number of ether oxygens (including phenoxy) is 1. The van der Waals surface area contributed by atoms with Gasteiger partial charge in [0.05, 0.1) is 24.7 Å². The first-order valence-electron chi connectivity index (χ1n) is 6.94. The molecule has 2 rings (SSSR count). The van der Waals surface area contributed by atoms with Crippen molar-refractivity contribution in [2.24, 2.45) is 0 Å². The molecule has 116 valence electrons. The van der Waals surface area contributed by atoms with Crippen molar-refractivity contribution >= 4 is 0 Å². The predicted octanol–water partition coefficient (Wildman–Crippen LogP) is 1.89. The van der Waals surface area contributed by atoms with Crippen molar-refractivity contribution in [3.8, 4) is 0 Å². The summed E-state index contributed by atoms with van der Waals surface area (Å²) in [5.74, 6) is 1.58. The maximum atomic E-state index is 9.98. The van der Waals surface area contributed by atoms with Gasteiger partial charge in [0, 0.05) is 18.7 Å². The molecule has 0 bridgehead atoms. The van der Waals surface area contributed by atoms with E-state index in [4.69, 9.17) is 13.7 Å². The summed E-state index contributed by atoms with van der Waals surface area (Å²) in [5, 5.41) is 13.9. The third-order valence-electron chi connectivity index (χ3n) is 3.27. The summed E-state index contributed by atoms with van der Waals surface area (Å²) in [6.45, 7) is 5.66. The third-order valence-corrected chi connectivity index (χ3v) is 3.27. The molecule has 2 aromatic rings. The van der Waals surface area contributed by atoms with Gasteiger partial charge >= 0.3 is 0 Å². The summed E-state index contributed by atoms with van der Waals surface area (Å²) >= 11 is 0. The van der Waals surface area contributed by atoms with E-state index >= 15 is 0 Å². The molecular weight excluding hydrogens is 272 g/mol. The number of furan rings is 1. The lowest BCUT2D eigenvalue weighted by molar-refractivity contribution is 0.00762. The molecule has 0 aliphatic rings. The van der Waals surface area contributed by atoms with Gasteiger partial charge in [-0.3, -0.25) is 4.90 Å². The Hall–Kier alpha value is -1.63. The van der Waals surface area contributed by atoms with Gasteiger partial charge in [-0.15, -0.1) is 0 Å². The van der Waals surface area contributed by atoms with E-state index in [-0.39, 0.29) is 6.61 Å². The van der Waals surface area contributed by atoms with Crippen LogP contribution >= 0.6 is 0 Å². The van der Waals surface area contributed by atoms with Crippen LogP contribution in [0.4, 0.5) is 0 Å². The van der Waals surface area contributed by atoms with E-state index < -0.39 is 6.10 Å². The molecule has 0 spiro atoms. The number of hydrogen-bond acceptors (Lipinski definition) is 6. The van der Waals surface area contributed by atoms with Crippen molar-refractivity contribution in [2.45, 2.75) is 33.1 Å². The second-order valence-electron chi connectivity index (χ2n) is 5.25. The topological polar surface area (TPSA) is 71.9 Å². The van der Waals surface area contributed by atoms with Crippen LogP contribution in [0, 0.1) is 13.8 Å². The Kier molecular flexibility index (Phi) is 5.55. The number of hydrogen-bond donors (Lipinski definition) is 1. The zero-order chi connectivity index (χ0) is 15.2. The average molecular weight is 294 g/mol. The van der Waals surface area contributed by atoms with Crippen LogP contribution in [-0.2, 0) is 17.9 Å². The van der Waals surface area contributed by atoms with Crippen molar-refractivity contribution in [2.75, 3.05) is 20.2 Å². The first-order chi connectivity index (χ1) is 10.1. The van der Waals surface area contributed by atoms with Crippen molar-refractivity contribution in [3.63, 3.8) is 0 Å². The van der Waals surface area contributed by atoms with Crippen LogP contribution in [0.3, 0.4) is 0 Å². The molecular formula is C15H22N2O4. The number of likely N-dealkylation sites (N-methyl/N-ethyl adjacent to an activating group) is 1. The molecule has 21 heavy (non-hydrogen) atoms. The Labute approximate surface area is 124 Å². The lowest BCUT2D eigenvalue weighted by atomic mass is 10.2. The van der Waals surface area contributed by atoms with Crippen molar-refractivity contribution in [1.82, 2.24) is 10.1 Å². The summed E-state index contributed by atoms with van der Waals surface area (Å²) in [6, 6.07) is 3.66. The Morgan fingerprint density at radius 3 is 2.86 bits per heavy atom. The van der Waals surface area contributed by atoms with Crippen molar-refractivity contribution in [1.29, 1.82) is 0 Å². The Morgan fingerprint density at radius 2 is 2.24 bits per heavy atom. The lowest BCUT2D eigenvalue weighted by Gasteiger charge is -2.20. The normalized spacial score (nSPS) is 13.0. The minimum atomic E-state index is -0.551. The van der Waals surface area contributed by atoms with Gasteiger partial charge in [-0.05, 0) is 33.0 Å². The van der Waals surface area contributed by atoms with E-state index in [1.165, 1.54) is 0 Å². The Bertz CT molecular complexity index is 516. The van der Waals surface area contributed by atoms with Gasteiger partial charge in [0.15, 0.2) is 0 Å². The molecule has 0 radical (unpaired) electrons. The van der Waals surface area contributed by atoms with Gasteiger partial charge in [0.25, 0.3) is 0 Å². The third kappa shape index (κ3) is 4.70. The van der Waals surface area contributed by atoms with Crippen LogP contribution in [-0.4, -0.2) is 41.5 Å². The molecule has 2 aromatic heterocycles. The van der Waals surface area contributed by atoms with Crippen LogP contribution in [0.5, 0.6) is 0 Å². The number of aliphatic hydroxyl groups is 1. The molecule has 2 heterocycles. The van der Waals surface area contributed by atoms with Crippen molar-refractivity contribution < 1.29 is 18.8 Å². The van der Waals surface area contributed by atoms with Gasteiger partial charge in [0.2, 0.25) is 0 Å². The zero-order valence-corrected chi connectivity index (χ0v) is 12.7. The molecule has 0 saturated heterocycles. The highest BCUT2D eigenvalue weighted by molar-refractivity contribution is 5.20. The maximum absolute atomic E-state index is 9.98. The highest BCUT2D eigenvalue weighted by Crippen LogP contribution is 2.14. The number of nitrogens with zero attached hydrogens (tertiary/aromatic N) is 2. The van der Waals surface area contributed by atoms with Gasteiger partial charge in [-0.25, -0.2) is 0 Å². The van der Waals surface area contributed by atoms with E-state index in [2.05, 4.69) is 5.16 Å². The van der Waals surface area contributed by atoms with Crippen LogP contribution < -0.4 is 0 Å². The second-order valence-corrected chi connectivity index (χ2v) is 5.25. The standard InChI is InChI=1S/C15H22N2O4/c1-11-15(12(2)21-16-11)8-17(3)7-13(18)9-19-10-14-5-4-6-20-14/h4-6,13,18H,7-10H2,1-3H3. The van der Waals surface area contributed by atoms with Gasteiger partial charge in [-0.2, -0.15) is 0 Å². The molecule has 0 aliphatic carbocycles. The highest BCUT2D eigenvalue weighted by atomic mass is 16.5. The summed E-state index contributed by atoms with van der Waals surface area (Å²) in [4.78, 5) is 2.02. The number of rotatable bonds is 8. The predicted molar refractivity (Wildman–Crippen MR) is 76.7 cm³/mol. The summed E-state index contributed by atoms with van der Waals surface area (Å²) in [7, 11) is 1.95. The Balaban J connectivity index is 1.70. The minimum Gasteiger partial charge on any atom is -0.467 e. The van der Waals surface area contributed by atoms with E-state index in [1.807, 2.05) is 37.9 Å². The first kappa shape index (κ1) is 15.8. The highest BCUT2D eigenvalue weighted by Gasteiger charge is 2.14. The van der Waals surface area contributed by atoms with E-state index in [1.54, 1.807) is 6.26 Å². The lowest BCUT2D eigenvalue weighted by Crippen LogP contribution is -2.32. The van der Waals surface area contributed by atoms with Gasteiger partial charge < -0.3 is 18.8 Å². The summed E-state index contributed by atoms with van der Waals surface area (Å²) < 4.78 is 15.7. The quantitative estimate of drug-likeness (QED) is 0.801. The minimum absolute atomic E-state index is 0.270. The van der Waals surface area contributed by atoms with E-state index in [0.29, 0.717) is 19.7 Å². The number of aryl methyl sites for hydroxylation is 2. The molecule has 0 aromatic carbocycles. The van der Waals surface area contributed by atoms with Crippen LogP contribution in [0.25, 0.3) is 0 Å². The van der Waals surface area contributed by atoms with Crippen LogP contribution in [0.15, 0.2) is 27.3 Å². The second kappa shape index (κ2) is 7.40. The fourth-order valence-corrected chi connectivity index (χ4v) is 2.16. The van der Waals surface area contributed by atoms with E-state index in [9.17, 15) is 5.11 Å². The summed E-state index contributed by atoms with van der Waals surface area (Å²) in [5.41, 5.74) is 1.96. The van der Waals surface area contributed by atoms with Gasteiger partial charge in [0.1, 0.15) is 18.1 Å². The van der Waals surface area contributed by atoms with Crippen LogP contribution in [0.2, 0.25) is 0 Å². The molecule has 6 nitrogen and oxygen atoms in total. The van der Waals surface area contributed by atoms with Crippen LogP contribution in [0.1, 0.15) is 22.8 Å². The SMILES string of the molecule is Cc1noc(C)c1CN(C)CC(O)COCc1ccco1. The molecule has 0 amide bonds. The zero-order valence-electron chi connectivity index (χ0n) is 12.7. The number of aromatic nitrogens is 1. The fourth-order valence-electron chi connectivity index (χ4n) is 2.16. The monoisotopic (exact) mass is 294 g/mol. The largest absolute Gasteiger partial charge is 0.467 e. The molecule has 1 unspecified atom stereocenters. The smallest absolute Gasteiger partial charge is 0.138 e. The van der Waals surface area contributed by atoms with Gasteiger partial charge in [-0.1, -0.05) is 5.16 Å². The molecule has 0 fully saturated rings. The molecule has 1 atom stereocenters. The molecule has 0 aliphatic heterocycles. The summed E-state index contributed by atoms with van der Waals surface area (Å²) in [6.07, 6.45) is 1.05. The molecule has 1 N–H and O–H groups in total. The Morgan fingerprint density at radius 1 is 1.43 bits per heavy atom.